The fourth-order valence-corrected chi connectivity index (χ4v) is 9.82. The second-order valence-electron chi connectivity index (χ2n) is 26.4. The Morgan fingerprint density at radius 3 is 0.865 bits per heavy atom. The summed E-state index contributed by atoms with van der Waals surface area (Å²) in [6.07, 6.45) is 3.74. The summed E-state index contributed by atoms with van der Waals surface area (Å²) in [6, 6.07) is -16.0. The lowest BCUT2D eigenvalue weighted by molar-refractivity contribution is -0.136. The molecular weight excluding hydrogens is 1240 g/mol. The first-order chi connectivity index (χ1) is 44.9. The number of hydrogen-bond donors (Lipinski definition) is 18. The smallest absolute Gasteiger partial charge is 0.243 e. The van der Waals surface area contributed by atoms with Crippen molar-refractivity contribution in [1.82, 2.24) is 63.8 Å². The number of nitrogens with one attached hydrogen (secondary N) is 12. The zero-order valence-electron chi connectivity index (χ0n) is 59.3. The molecule has 24 N–H and O–H groups in total. The predicted molar refractivity (Wildman–Crippen MR) is 363 cm³/mol. The third kappa shape index (κ3) is 34.4. The van der Waals surface area contributed by atoms with Crippen LogP contribution in [0.15, 0.2) is 0 Å². The summed E-state index contributed by atoms with van der Waals surface area (Å²) in [4.78, 5) is 189. The van der Waals surface area contributed by atoms with Crippen LogP contribution in [0.3, 0.4) is 0 Å². The molecule has 32 nitrogen and oxygen atoms in total. The molecule has 0 saturated carbocycles. The van der Waals surface area contributed by atoms with Crippen LogP contribution in [0.25, 0.3) is 0 Å². The topological polar surface area (TPSA) is 539 Å². The Balaban J connectivity index is 6.25. The number of primary amides is 2. The Labute approximate surface area is 567 Å². The van der Waals surface area contributed by atoms with E-state index in [0.29, 0.717) is 64.5 Å². The second kappa shape index (κ2) is 46.6. The number of carbonyl (C=O) groups is 14. The first kappa shape index (κ1) is 88.4. The molecule has 0 unspecified atom stereocenters. The molecule has 14 amide bonds. The lowest BCUT2D eigenvalue weighted by Gasteiger charge is -2.28. The Bertz CT molecular complexity index is 2540. The van der Waals surface area contributed by atoms with Gasteiger partial charge in [0.25, 0.3) is 0 Å². The van der Waals surface area contributed by atoms with Gasteiger partial charge in [-0.3, -0.25) is 67.1 Å². The van der Waals surface area contributed by atoms with E-state index in [1.807, 2.05) is 13.8 Å². The number of unbranched alkanes of at least 4 members (excludes halogenated alkanes) is 3. The van der Waals surface area contributed by atoms with Crippen molar-refractivity contribution in [2.75, 3.05) is 19.6 Å². The summed E-state index contributed by atoms with van der Waals surface area (Å²) >= 11 is 0. The molecule has 0 bridgehead atoms. The van der Waals surface area contributed by atoms with E-state index >= 15 is 0 Å². The Morgan fingerprint density at radius 1 is 0.302 bits per heavy atom. The standard InChI is InChI=1S/C64H120N18O14/c1-15-36(9)50(69)64(96)81-48(32-49(68)83)63(95)80-47(31-35(7)8)62(94)77-42(23-17-20-26-65)57(89)72-41(14)56(88)79-45(29-33(3)4)60(92)73-38(11)53(85)71-39(12)55(87)78-46(30-34(5)6)61(93)74-40(13)54(86)75-43(24-18-21-27-66)58(90)76-44(25-19-22-28-67)59(91)82-51(52(70)84)37(10)16-2/h33-48,50-51H,15-32,65-67,69H2,1-14H3,(H2,68,83)(H2,70,84)(H,71,85)(H,72,89)(H,73,92)(H,74,93)(H,75,86)(H,76,90)(H,77,94)(H,78,87)(H,79,88)(H,80,95)(H,81,96)(H,82,91)/t36-,37-,38-,39-,40-,41-,42-,43-,44-,45-,46-,47-,48-,50-,51-/m0/s1. The minimum atomic E-state index is -1.48. The van der Waals surface area contributed by atoms with Crippen LogP contribution in [0.2, 0.25) is 0 Å². The quantitative estimate of drug-likeness (QED) is 0.0273. The highest BCUT2D eigenvalue weighted by molar-refractivity contribution is 6.00. The van der Waals surface area contributed by atoms with E-state index in [-0.39, 0.29) is 74.7 Å². The van der Waals surface area contributed by atoms with E-state index in [1.54, 1.807) is 55.4 Å². The van der Waals surface area contributed by atoms with Crippen LogP contribution in [0.5, 0.6) is 0 Å². The summed E-state index contributed by atoms with van der Waals surface area (Å²) in [6.45, 7) is 24.2. The maximum Gasteiger partial charge on any atom is 0.243 e. The van der Waals surface area contributed by atoms with Crippen molar-refractivity contribution >= 4 is 82.7 Å². The average molecular weight is 1370 g/mol. The van der Waals surface area contributed by atoms with Crippen molar-refractivity contribution in [3.63, 3.8) is 0 Å². The van der Waals surface area contributed by atoms with E-state index in [9.17, 15) is 67.1 Å². The third-order valence-corrected chi connectivity index (χ3v) is 16.2. The molecule has 0 spiro atoms. The molecule has 0 radical (unpaired) electrons. The number of rotatable bonds is 49. The van der Waals surface area contributed by atoms with Crippen molar-refractivity contribution in [3.05, 3.63) is 0 Å². The fourth-order valence-electron chi connectivity index (χ4n) is 9.82. The number of amides is 14. The van der Waals surface area contributed by atoms with Crippen molar-refractivity contribution in [3.8, 4) is 0 Å². The second-order valence-corrected chi connectivity index (χ2v) is 26.4. The molecule has 0 aromatic carbocycles. The molecular formula is C64H120N18O14. The Hall–Kier alpha value is -7.58. The van der Waals surface area contributed by atoms with Crippen molar-refractivity contribution in [1.29, 1.82) is 0 Å². The highest BCUT2D eigenvalue weighted by atomic mass is 16.2. The number of carbonyl (C=O) groups excluding carboxylic acids is 14. The molecule has 96 heavy (non-hydrogen) atoms. The molecule has 0 aliphatic rings. The van der Waals surface area contributed by atoms with E-state index < -0.39 is 168 Å². The van der Waals surface area contributed by atoms with E-state index in [2.05, 4.69) is 63.8 Å². The SMILES string of the molecule is CC[C@H](C)[C@H](N)C(=O)N[C@@H](CC(N)=O)C(=O)N[C@@H](CC(C)C)C(=O)N[C@@H](CCCCN)C(=O)N[C@@H](C)C(=O)N[C@@H](CC(C)C)C(=O)N[C@@H](C)C(=O)N[C@@H](C)C(=O)N[C@@H](CC(C)C)C(=O)N[C@@H](C)C(=O)N[C@@H](CCCCN)C(=O)N[C@@H](CCCCN)C(=O)N[C@H](C(N)=O)[C@@H](C)CC. The van der Waals surface area contributed by atoms with Gasteiger partial charge in [0.1, 0.15) is 72.5 Å². The lowest BCUT2D eigenvalue weighted by Crippen LogP contribution is -2.60. The van der Waals surface area contributed by atoms with Crippen molar-refractivity contribution in [2.24, 2.45) is 64.0 Å². The molecule has 0 fully saturated rings. The molecule has 0 aliphatic heterocycles. The zero-order chi connectivity index (χ0) is 73.7. The first-order valence-electron chi connectivity index (χ1n) is 34.0. The molecule has 32 heteroatoms. The fraction of sp³-hybridized carbons (Fsp3) is 0.781. The minimum absolute atomic E-state index is 0.0549. The van der Waals surface area contributed by atoms with Crippen molar-refractivity contribution < 1.29 is 67.1 Å². The van der Waals surface area contributed by atoms with Gasteiger partial charge in [-0.1, -0.05) is 82.1 Å². The predicted octanol–water partition coefficient (Wildman–Crippen LogP) is -2.81. The van der Waals surface area contributed by atoms with Crippen LogP contribution in [-0.4, -0.2) is 181 Å². The summed E-state index contributed by atoms with van der Waals surface area (Å²) < 4.78 is 0. The highest BCUT2D eigenvalue weighted by Crippen LogP contribution is 2.14. The molecule has 550 valence electrons. The molecule has 0 saturated heterocycles. The lowest BCUT2D eigenvalue weighted by atomic mass is 9.97. The monoisotopic (exact) mass is 1360 g/mol. The van der Waals surface area contributed by atoms with Crippen LogP contribution >= 0.6 is 0 Å². The first-order valence-corrected chi connectivity index (χ1v) is 34.0. The molecule has 0 aliphatic carbocycles. The van der Waals surface area contributed by atoms with Gasteiger partial charge in [0.05, 0.1) is 12.5 Å². The van der Waals surface area contributed by atoms with Crippen LogP contribution in [-0.2, 0) is 67.1 Å². The molecule has 0 aromatic heterocycles. The van der Waals surface area contributed by atoms with E-state index in [0.717, 1.165) is 0 Å². The maximum absolute atomic E-state index is 14.0. The summed E-state index contributed by atoms with van der Waals surface area (Å²) in [5, 5.41) is 31.3. The summed E-state index contributed by atoms with van der Waals surface area (Å²) in [5.74, 6) is -12.0. The Morgan fingerprint density at radius 2 is 0.552 bits per heavy atom. The van der Waals surface area contributed by atoms with Crippen LogP contribution in [0.4, 0.5) is 0 Å². The Kier molecular flexibility index (Phi) is 42.9. The number of nitrogens with two attached hydrogens (primary N) is 6. The van der Waals surface area contributed by atoms with Gasteiger partial charge in [-0.05, 0) is 154 Å². The maximum atomic E-state index is 14.0. The average Bonchev–Trinajstić information content (AvgIpc) is 0.969. The minimum Gasteiger partial charge on any atom is -0.370 e. The van der Waals surface area contributed by atoms with Gasteiger partial charge in [-0.25, -0.2) is 0 Å². The van der Waals surface area contributed by atoms with Crippen molar-refractivity contribution in [2.45, 2.75) is 272 Å². The van der Waals surface area contributed by atoms with Gasteiger partial charge in [-0.2, -0.15) is 0 Å². The largest absolute Gasteiger partial charge is 0.370 e. The van der Waals surface area contributed by atoms with Gasteiger partial charge in [0.2, 0.25) is 82.7 Å². The van der Waals surface area contributed by atoms with Crippen LogP contribution in [0.1, 0.15) is 193 Å². The normalized spacial score (nSPS) is 16.1. The molecule has 0 rings (SSSR count). The van der Waals surface area contributed by atoms with Gasteiger partial charge in [0, 0.05) is 0 Å². The molecule has 0 heterocycles. The summed E-state index contributed by atoms with van der Waals surface area (Å²) in [5.41, 5.74) is 34.3. The van der Waals surface area contributed by atoms with Gasteiger partial charge in [-0.15, -0.1) is 0 Å². The van der Waals surface area contributed by atoms with Gasteiger partial charge >= 0.3 is 0 Å². The molecule has 0 aromatic rings. The van der Waals surface area contributed by atoms with Gasteiger partial charge in [0.15, 0.2) is 0 Å². The van der Waals surface area contributed by atoms with Crippen LogP contribution in [0, 0.1) is 29.6 Å². The van der Waals surface area contributed by atoms with Crippen LogP contribution < -0.4 is 98.2 Å². The van der Waals surface area contributed by atoms with Gasteiger partial charge < -0.3 is 98.2 Å². The molecule has 15 atom stereocenters. The zero-order valence-corrected chi connectivity index (χ0v) is 59.3. The highest BCUT2D eigenvalue weighted by Gasteiger charge is 2.37. The summed E-state index contributed by atoms with van der Waals surface area (Å²) in [7, 11) is 0. The third-order valence-electron chi connectivity index (χ3n) is 16.2. The number of hydrogen-bond acceptors (Lipinski definition) is 18. The van der Waals surface area contributed by atoms with E-state index in [1.165, 1.54) is 27.7 Å². The van der Waals surface area contributed by atoms with E-state index in [4.69, 9.17) is 34.4 Å².